The van der Waals surface area contributed by atoms with Gasteiger partial charge < -0.3 is 10.1 Å². The number of sulfone groups is 1. The van der Waals surface area contributed by atoms with Crippen molar-refractivity contribution in [1.82, 2.24) is 10.0 Å². The van der Waals surface area contributed by atoms with Gasteiger partial charge in [0.25, 0.3) is 0 Å². The Morgan fingerprint density at radius 2 is 1.85 bits per heavy atom. The van der Waals surface area contributed by atoms with Crippen molar-refractivity contribution in [2.24, 2.45) is 0 Å². The maximum Gasteiger partial charge on any atom is 0.573 e. The van der Waals surface area contributed by atoms with E-state index in [1.807, 2.05) is 0 Å². The molecule has 0 radical (unpaired) electrons. The lowest BCUT2D eigenvalue weighted by Gasteiger charge is -2.12. The van der Waals surface area contributed by atoms with Gasteiger partial charge in [0.05, 0.1) is 16.4 Å². The third kappa shape index (κ3) is 6.99. The van der Waals surface area contributed by atoms with Crippen LogP contribution in [-0.2, 0) is 24.7 Å². The van der Waals surface area contributed by atoms with Crippen molar-refractivity contribution in [2.45, 2.75) is 30.1 Å². The van der Waals surface area contributed by atoms with Gasteiger partial charge in [-0.1, -0.05) is 0 Å². The third-order valence-electron chi connectivity index (χ3n) is 3.61. The summed E-state index contributed by atoms with van der Waals surface area (Å²) in [4.78, 5) is 11.5. The zero-order chi connectivity index (χ0) is 20.3. The fourth-order valence-electron chi connectivity index (χ4n) is 2.41. The molecule has 0 spiro atoms. The minimum atomic E-state index is -4.88. The number of alkyl halides is 3. The number of nitrogens with one attached hydrogen (secondary N) is 2. The van der Waals surface area contributed by atoms with E-state index in [2.05, 4.69) is 14.8 Å². The summed E-state index contributed by atoms with van der Waals surface area (Å²) in [6.45, 7) is -0.256. The molecule has 27 heavy (non-hydrogen) atoms. The Bertz CT molecular complexity index is 882. The Kier molecular flexibility index (Phi) is 6.37. The summed E-state index contributed by atoms with van der Waals surface area (Å²) in [6, 6.07) is 3.10. The number of amides is 1. The van der Waals surface area contributed by atoms with Gasteiger partial charge in [0.2, 0.25) is 15.9 Å². The molecule has 152 valence electrons. The van der Waals surface area contributed by atoms with Crippen LogP contribution < -0.4 is 14.8 Å². The van der Waals surface area contributed by atoms with Crippen molar-refractivity contribution in [2.75, 3.05) is 18.1 Å². The summed E-state index contributed by atoms with van der Waals surface area (Å²) in [7, 11) is -7.17. The van der Waals surface area contributed by atoms with E-state index in [4.69, 9.17) is 0 Å². The molecular formula is C14H17F3N2O6S2. The molecule has 1 aliphatic rings. The lowest BCUT2D eigenvalue weighted by Crippen LogP contribution is -2.37. The molecule has 1 aliphatic heterocycles. The molecule has 1 heterocycles. The van der Waals surface area contributed by atoms with E-state index < -0.39 is 43.9 Å². The summed E-state index contributed by atoms with van der Waals surface area (Å²) in [5.74, 6) is -1.21. The van der Waals surface area contributed by atoms with E-state index in [9.17, 15) is 34.8 Å². The van der Waals surface area contributed by atoms with Gasteiger partial charge >= 0.3 is 6.36 Å². The summed E-state index contributed by atoms with van der Waals surface area (Å²) >= 11 is 0. The Morgan fingerprint density at radius 1 is 1.22 bits per heavy atom. The van der Waals surface area contributed by atoms with E-state index in [0.29, 0.717) is 6.42 Å². The van der Waals surface area contributed by atoms with Crippen LogP contribution >= 0.6 is 0 Å². The van der Waals surface area contributed by atoms with Crippen molar-refractivity contribution in [3.05, 3.63) is 24.3 Å². The molecule has 0 saturated carbocycles. The molecule has 1 saturated heterocycles. The van der Waals surface area contributed by atoms with E-state index in [0.717, 1.165) is 24.3 Å². The van der Waals surface area contributed by atoms with E-state index in [1.54, 1.807) is 0 Å². The fourth-order valence-corrected chi connectivity index (χ4v) is 5.12. The number of carbonyl (C=O) groups excluding carboxylic acids is 1. The van der Waals surface area contributed by atoms with Gasteiger partial charge in [-0.15, -0.1) is 13.2 Å². The maximum absolute atomic E-state index is 12.1. The molecule has 13 heteroatoms. The lowest BCUT2D eigenvalue weighted by atomic mass is 10.2. The highest BCUT2D eigenvalue weighted by Crippen LogP contribution is 2.23. The van der Waals surface area contributed by atoms with Crippen molar-refractivity contribution in [3.8, 4) is 5.75 Å². The van der Waals surface area contributed by atoms with Crippen LogP contribution in [0.2, 0.25) is 0 Å². The molecule has 0 aromatic heterocycles. The molecule has 1 aromatic carbocycles. The minimum absolute atomic E-state index is 0.00136. The molecule has 8 nitrogen and oxygen atoms in total. The smallest absolute Gasteiger partial charge is 0.406 e. The number of rotatable bonds is 7. The second-order valence-electron chi connectivity index (χ2n) is 5.83. The number of ether oxygens (including phenoxy) is 1. The Labute approximate surface area is 154 Å². The largest absolute Gasteiger partial charge is 0.573 e. The maximum atomic E-state index is 12.1. The van der Waals surface area contributed by atoms with Gasteiger partial charge in [0, 0.05) is 19.0 Å². The predicted molar refractivity (Wildman–Crippen MR) is 88.1 cm³/mol. The molecule has 2 N–H and O–H groups in total. The van der Waals surface area contributed by atoms with E-state index >= 15 is 0 Å². The summed E-state index contributed by atoms with van der Waals surface area (Å²) in [5.41, 5.74) is 0. The average molecular weight is 430 g/mol. The zero-order valence-electron chi connectivity index (χ0n) is 13.8. The summed E-state index contributed by atoms with van der Waals surface area (Å²) in [5, 5.41) is 2.51. The van der Waals surface area contributed by atoms with Crippen LogP contribution in [-0.4, -0.2) is 53.2 Å². The van der Waals surface area contributed by atoms with Crippen molar-refractivity contribution < 1.29 is 39.5 Å². The zero-order valence-corrected chi connectivity index (χ0v) is 15.5. The topological polar surface area (TPSA) is 119 Å². The Morgan fingerprint density at radius 3 is 2.37 bits per heavy atom. The number of hydrogen-bond donors (Lipinski definition) is 2. The van der Waals surface area contributed by atoms with E-state index in [-0.39, 0.29) is 29.4 Å². The number of sulfonamides is 1. The molecule has 0 aliphatic carbocycles. The predicted octanol–water partition coefficient (Wildman–Crippen LogP) is 0.557. The van der Waals surface area contributed by atoms with Crippen molar-refractivity contribution in [1.29, 1.82) is 0 Å². The van der Waals surface area contributed by atoms with Crippen LogP contribution in [0.4, 0.5) is 13.2 Å². The van der Waals surface area contributed by atoms with Gasteiger partial charge in [-0.25, -0.2) is 21.6 Å². The highest BCUT2D eigenvalue weighted by atomic mass is 32.2. The second-order valence-corrected chi connectivity index (χ2v) is 9.83. The third-order valence-corrected chi connectivity index (χ3v) is 6.85. The van der Waals surface area contributed by atoms with Crippen LogP contribution in [0.3, 0.4) is 0 Å². The van der Waals surface area contributed by atoms with Gasteiger partial charge in [-0.3, -0.25) is 4.79 Å². The Hall–Kier alpha value is -1.86. The number of benzene rings is 1. The van der Waals surface area contributed by atoms with Gasteiger partial charge in [0.1, 0.15) is 5.75 Å². The Balaban J connectivity index is 1.83. The normalized spacial score (nSPS) is 19.6. The van der Waals surface area contributed by atoms with Gasteiger partial charge in [0.15, 0.2) is 9.84 Å². The first kappa shape index (κ1) is 21.4. The number of carbonyl (C=O) groups is 1. The first-order chi connectivity index (χ1) is 12.4. The minimum Gasteiger partial charge on any atom is -0.406 e. The van der Waals surface area contributed by atoms with Crippen LogP contribution in [0.5, 0.6) is 5.75 Å². The molecule has 1 aromatic rings. The highest BCUT2D eigenvalue weighted by molar-refractivity contribution is 7.91. The molecule has 1 amide bonds. The van der Waals surface area contributed by atoms with Crippen molar-refractivity contribution >= 4 is 25.8 Å². The van der Waals surface area contributed by atoms with Crippen LogP contribution in [0.25, 0.3) is 0 Å². The fraction of sp³-hybridized carbons (Fsp3) is 0.500. The van der Waals surface area contributed by atoms with Crippen molar-refractivity contribution in [3.63, 3.8) is 0 Å². The molecule has 0 bridgehead atoms. The lowest BCUT2D eigenvalue weighted by molar-refractivity contribution is -0.274. The van der Waals surface area contributed by atoms with Crippen LogP contribution in [0.1, 0.15) is 12.8 Å². The summed E-state index contributed by atoms with van der Waals surface area (Å²) < 4.78 is 88.8. The SMILES string of the molecule is O=C(CCNS(=O)(=O)c1ccc(OC(F)(F)F)cc1)NC1CCS(=O)(=O)C1. The monoisotopic (exact) mass is 430 g/mol. The molecule has 1 unspecified atom stereocenters. The summed E-state index contributed by atoms with van der Waals surface area (Å²) in [6.07, 6.45) is -4.79. The van der Waals surface area contributed by atoms with Gasteiger partial charge in [-0.2, -0.15) is 0 Å². The quantitative estimate of drug-likeness (QED) is 0.653. The standard InChI is InChI=1S/C14H17F3N2O6S2/c15-14(16,17)25-11-1-3-12(4-2-11)27(23,24)18-7-5-13(20)19-10-6-8-26(21,22)9-10/h1-4,10,18H,5-9H2,(H,19,20). The molecule has 2 rings (SSSR count). The van der Waals surface area contributed by atoms with Crippen LogP contribution in [0, 0.1) is 0 Å². The molecule has 1 fully saturated rings. The molecular weight excluding hydrogens is 413 g/mol. The first-order valence-electron chi connectivity index (χ1n) is 7.72. The van der Waals surface area contributed by atoms with Gasteiger partial charge in [-0.05, 0) is 30.7 Å². The molecule has 1 atom stereocenters. The second kappa shape index (κ2) is 8.02. The van der Waals surface area contributed by atoms with Crippen LogP contribution in [0.15, 0.2) is 29.2 Å². The van der Waals surface area contributed by atoms with E-state index in [1.165, 1.54) is 0 Å². The number of halogens is 3. The first-order valence-corrected chi connectivity index (χ1v) is 11.0. The average Bonchev–Trinajstić information content (AvgIpc) is 2.84. The highest BCUT2D eigenvalue weighted by Gasteiger charge is 2.31. The number of hydrogen-bond acceptors (Lipinski definition) is 6.